The first-order valence-corrected chi connectivity index (χ1v) is 9.15. The summed E-state index contributed by atoms with van der Waals surface area (Å²) in [6, 6.07) is 11.3. The summed E-state index contributed by atoms with van der Waals surface area (Å²) in [5.41, 5.74) is 9.15. The summed E-state index contributed by atoms with van der Waals surface area (Å²) in [7, 11) is 0. The molecule has 4 aromatic rings. The minimum Gasteiger partial charge on any atom is -0.366 e. The maximum absolute atomic E-state index is 14.8. The molecule has 2 aromatic carbocycles. The molecule has 0 aliphatic heterocycles. The summed E-state index contributed by atoms with van der Waals surface area (Å²) in [6.07, 6.45) is 5.92. The lowest BCUT2D eigenvalue weighted by atomic mass is 10.00. The van der Waals surface area contributed by atoms with Gasteiger partial charge in [0.05, 0.1) is 17.5 Å². The standard InChI is InChI=1S/C23H17FN4O2/c1-13-2-4-14(5-3-13)22(30)17-8-6-15(10-18(17)24)19-12-27-23-21(28-19)16(11-26-23)7-9-20(25)29/h2-12H,1H3,(H2,25,29)(H,26,27)/b9-7+. The molecule has 0 saturated carbocycles. The first kappa shape index (κ1) is 19.2. The Morgan fingerprint density at radius 1 is 1.13 bits per heavy atom. The van der Waals surface area contributed by atoms with E-state index < -0.39 is 11.7 Å². The summed E-state index contributed by atoms with van der Waals surface area (Å²) in [5.74, 6) is -1.60. The van der Waals surface area contributed by atoms with Gasteiger partial charge in [-0.3, -0.25) is 9.59 Å². The van der Waals surface area contributed by atoms with E-state index in [2.05, 4.69) is 15.0 Å². The van der Waals surface area contributed by atoms with Gasteiger partial charge in [0.2, 0.25) is 5.91 Å². The molecule has 4 rings (SSSR count). The zero-order valence-electron chi connectivity index (χ0n) is 16.0. The Labute approximate surface area is 171 Å². The van der Waals surface area contributed by atoms with Crippen LogP contribution in [0.5, 0.6) is 0 Å². The fourth-order valence-electron chi connectivity index (χ4n) is 3.07. The molecule has 0 radical (unpaired) electrons. The lowest BCUT2D eigenvalue weighted by molar-refractivity contribution is -0.113. The van der Waals surface area contributed by atoms with Crippen molar-refractivity contribution in [2.45, 2.75) is 6.92 Å². The van der Waals surface area contributed by atoms with Crippen LogP contribution in [-0.4, -0.2) is 26.6 Å². The molecule has 2 aromatic heterocycles. The molecule has 0 unspecified atom stereocenters. The largest absolute Gasteiger partial charge is 0.366 e. The molecule has 0 saturated heterocycles. The smallest absolute Gasteiger partial charge is 0.241 e. The number of rotatable bonds is 5. The second kappa shape index (κ2) is 7.71. The van der Waals surface area contributed by atoms with E-state index in [0.717, 1.165) is 5.56 Å². The number of carbonyl (C=O) groups is 2. The molecule has 3 N–H and O–H groups in total. The van der Waals surface area contributed by atoms with Crippen molar-refractivity contribution in [2.24, 2.45) is 5.73 Å². The highest BCUT2D eigenvalue weighted by Gasteiger charge is 2.16. The number of carbonyl (C=O) groups excluding carboxylic acids is 2. The average molecular weight is 400 g/mol. The van der Waals surface area contributed by atoms with E-state index in [9.17, 15) is 14.0 Å². The number of H-pyrrole nitrogens is 1. The predicted octanol–water partition coefficient (Wildman–Crippen LogP) is 3.80. The maximum atomic E-state index is 14.8. The van der Waals surface area contributed by atoms with Crippen LogP contribution in [0, 0.1) is 12.7 Å². The van der Waals surface area contributed by atoms with Crippen molar-refractivity contribution < 1.29 is 14.0 Å². The van der Waals surface area contributed by atoms with E-state index in [1.165, 1.54) is 30.5 Å². The molecule has 30 heavy (non-hydrogen) atoms. The zero-order chi connectivity index (χ0) is 21.3. The van der Waals surface area contributed by atoms with E-state index in [0.29, 0.717) is 33.5 Å². The highest BCUT2D eigenvalue weighted by Crippen LogP contribution is 2.24. The molecular formula is C23H17FN4O2. The van der Waals surface area contributed by atoms with Crippen molar-refractivity contribution in [3.63, 3.8) is 0 Å². The molecule has 1 amide bonds. The minimum absolute atomic E-state index is 0.0108. The van der Waals surface area contributed by atoms with Gasteiger partial charge in [0.25, 0.3) is 0 Å². The van der Waals surface area contributed by atoms with Gasteiger partial charge in [-0.15, -0.1) is 0 Å². The Bertz CT molecular complexity index is 1310. The summed E-state index contributed by atoms with van der Waals surface area (Å²) < 4.78 is 14.8. The Morgan fingerprint density at radius 3 is 2.60 bits per heavy atom. The van der Waals surface area contributed by atoms with Crippen LogP contribution in [0.3, 0.4) is 0 Å². The minimum atomic E-state index is -0.636. The van der Waals surface area contributed by atoms with Crippen molar-refractivity contribution in [3.05, 3.63) is 89.0 Å². The van der Waals surface area contributed by atoms with E-state index in [1.807, 2.05) is 19.1 Å². The van der Waals surface area contributed by atoms with Gasteiger partial charge >= 0.3 is 0 Å². The van der Waals surface area contributed by atoms with Gasteiger partial charge in [0, 0.05) is 29.0 Å². The third-order valence-electron chi connectivity index (χ3n) is 4.66. The number of amides is 1. The quantitative estimate of drug-likeness (QED) is 0.393. The summed E-state index contributed by atoms with van der Waals surface area (Å²) in [4.78, 5) is 35.4. The number of fused-ring (bicyclic) bond motifs is 1. The summed E-state index contributed by atoms with van der Waals surface area (Å²) in [6.45, 7) is 1.92. The zero-order valence-corrected chi connectivity index (χ0v) is 16.0. The number of ketones is 1. The summed E-state index contributed by atoms with van der Waals surface area (Å²) >= 11 is 0. The Balaban J connectivity index is 1.69. The molecule has 0 aliphatic carbocycles. The van der Waals surface area contributed by atoms with Crippen LogP contribution >= 0.6 is 0 Å². The topological polar surface area (TPSA) is 102 Å². The van der Waals surface area contributed by atoms with Crippen LogP contribution in [0.4, 0.5) is 4.39 Å². The predicted molar refractivity (Wildman–Crippen MR) is 112 cm³/mol. The highest BCUT2D eigenvalue weighted by molar-refractivity contribution is 6.09. The third kappa shape index (κ3) is 3.73. The Morgan fingerprint density at radius 2 is 1.90 bits per heavy atom. The number of halogens is 1. The first-order chi connectivity index (χ1) is 14.4. The van der Waals surface area contributed by atoms with E-state index >= 15 is 0 Å². The highest BCUT2D eigenvalue weighted by atomic mass is 19.1. The number of nitrogens with two attached hydrogens (primary N) is 1. The molecule has 0 fully saturated rings. The third-order valence-corrected chi connectivity index (χ3v) is 4.66. The number of aromatic amines is 1. The monoisotopic (exact) mass is 400 g/mol. The first-order valence-electron chi connectivity index (χ1n) is 9.15. The van der Waals surface area contributed by atoms with Gasteiger partial charge in [0.1, 0.15) is 11.3 Å². The second-order valence-corrected chi connectivity index (χ2v) is 6.82. The van der Waals surface area contributed by atoms with Crippen molar-refractivity contribution in [3.8, 4) is 11.3 Å². The molecule has 0 atom stereocenters. The number of aryl methyl sites for hydroxylation is 1. The number of benzene rings is 2. The normalized spacial score (nSPS) is 11.3. The Kier molecular flexibility index (Phi) is 4.93. The molecule has 7 heteroatoms. The average Bonchev–Trinajstić information content (AvgIpc) is 3.14. The SMILES string of the molecule is Cc1ccc(C(=O)c2ccc(-c3cnc4[nH]cc(/C=C/C(N)=O)c4n3)cc2F)cc1. The van der Waals surface area contributed by atoms with Gasteiger partial charge in [-0.05, 0) is 25.1 Å². The van der Waals surface area contributed by atoms with E-state index in [4.69, 9.17) is 5.73 Å². The van der Waals surface area contributed by atoms with E-state index in [1.54, 1.807) is 24.4 Å². The summed E-state index contributed by atoms with van der Waals surface area (Å²) in [5, 5.41) is 0. The molecule has 0 spiro atoms. The fraction of sp³-hybridized carbons (Fsp3) is 0.0435. The van der Waals surface area contributed by atoms with Crippen LogP contribution in [0.1, 0.15) is 27.0 Å². The lowest BCUT2D eigenvalue weighted by Gasteiger charge is -2.06. The number of hydrogen-bond acceptors (Lipinski definition) is 4. The van der Waals surface area contributed by atoms with Crippen LogP contribution in [0.2, 0.25) is 0 Å². The van der Waals surface area contributed by atoms with Crippen LogP contribution in [0.15, 0.2) is 60.9 Å². The van der Waals surface area contributed by atoms with Gasteiger partial charge in [-0.25, -0.2) is 14.4 Å². The molecule has 0 bridgehead atoms. The number of nitrogens with one attached hydrogen (secondary N) is 1. The van der Waals surface area contributed by atoms with Gasteiger partial charge in [0.15, 0.2) is 11.4 Å². The van der Waals surface area contributed by atoms with Crippen LogP contribution < -0.4 is 5.73 Å². The second-order valence-electron chi connectivity index (χ2n) is 6.82. The van der Waals surface area contributed by atoms with Crippen molar-refractivity contribution in [1.82, 2.24) is 15.0 Å². The maximum Gasteiger partial charge on any atom is 0.241 e. The van der Waals surface area contributed by atoms with Crippen molar-refractivity contribution >= 4 is 28.9 Å². The van der Waals surface area contributed by atoms with Crippen molar-refractivity contribution in [1.29, 1.82) is 0 Å². The van der Waals surface area contributed by atoms with Gasteiger partial charge in [-0.2, -0.15) is 0 Å². The number of hydrogen-bond donors (Lipinski definition) is 2. The molecule has 2 heterocycles. The van der Waals surface area contributed by atoms with Crippen LogP contribution in [-0.2, 0) is 4.79 Å². The van der Waals surface area contributed by atoms with Crippen molar-refractivity contribution in [2.75, 3.05) is 0 Å². The molecule has 148 valence electrons. The van der Waals surface area contributed by atoms with Gasteiger partial charge in [-0.1, -0.05) is 35.9 Å². The molecular weight excluding hydrogens is 383 g/mol. The number of aromatic nitrogens is 3. The molecule has 6 nitrogen and oxygen atoms in total. The Hall–Kier alpha value is -4.13. The lowest BCUT2D eigenvalue weighted by Crippen LogP contribution is -2.05. The number of nitrogens with zero attached hydrogens (tertiary/aromatic N) is 2. The van der Waals surface area contributed by atoms with E-state index in [-0.39, 0.29) is 11.3 Å². The fourth-order valence-corrected chi connectivity index (χ4v) is 3.07. The van der Waals surface area contributed by atoms with Gasteiger partial charge < -0.3 is 10.7 Å². The van der Waals surface area contributed by atoms with Crippen LogP contribution in [0.25, 0.3) is 28.5 Å². The number of primary amides is 1. The molecule has 0 aliphatic rings.